The highest BCUT2D eigenvalue weighted by molar-refractivity contribution is 5.94. The zero-order chi connectivity index (χ0) is 20.8. The molecule has 2 aromatic carbocycles. The Hall–Kier alpha value is -4.08. The maximum absolute atomic E-state index is 12.8. The Morgan fingerprint density at radius 1 is 0.966 bits per heavy atom. The zero-order valence-corrected chi connectivity index (χ0v) is 15.4. The monoisotopic (exact) mass is 393 g/mol. The number of para-hydroxylation sites is 1. The van der Waals surface area contributed by atoms with E-state index in [1.54, 1.807) is 48.5 Å². The molecule has 3 amide bonds. The van der Waals surface area contributed by atoms with Gasteiger partial charge in [0.15, 0.2) is 0 Å². The van der Waals surface area contributed by atoms with Gasteiger partial charge in [-0.3, -0.25) is 14.4 Å². The molecule has 148 valence electrons. The first kappa shape index (κ1) is 19.7. The lowest BCUT2D eigenvalue weighted by Crippen LogP contribution is -2.36. The Balaban J connectivity index is 1.74. The highest BCUT2D eigenvalue weighted by Crippen LogP contribution is 2.16. The van der Waals surface area contributed by atoms with Crippen molar-refractivity contribution < 1.29 is 14.4 Å². The van der Waals surface area contributed by atoms with Gasteiger partial charge in [0.25, 0.3) is 5.91 Å². The predicted octanol–water partition coefficient (Wildman–Crippen LogP) is 0.348. The molecule has 0 spiro atoms. The van der Waals surface area contributed by atoms with Crippen molar-refractivity contribution in [1.29, 1.82) is 0 Å². The molecule has 1 heterocycles. The number of aromatic nitrogens is 4. The lowest BCUT2D eigenvalue weighted by molar-refractivity contribution is -0.120. The van der Waals surface area contributed by atoms with E-state index in [0.29, 0.717) is 22.6 Å². The number of benzene rings is 2. The number of tetrazole rings is 1. The number of anilines is 1. The van der Waals surface area contributed by atoms with Crippen molar-refractivity contribution in [2.45, 2.75) is 13.0 Å². The normalized spacial score (nSPS) is 10.5. The molecule has 0 aliphatic carbocycles. The molecule has 29 heavy (non-hydrogen) atoms. The van der Waals surface area contributed by atoms with Gasteiger partial charge in [0.1, 0.15) is 6.54 Å². The molecule has 0 aliphatic heterocycles. The van der Waals surface area contributed by atoms with Crippen LogP contribution in [0, 0.1) is 0 Å². The second-order valence-corrected chi connectivity index (χ2v) is 6.18. The number of amides is 3. The molecule has 3 aromatic rings. The van der Waals surface area contributed by atoms with E-state index in [4.69, 9.17) is 11.5 Å². The fraction of sp³-hybridized carbons (Fsp3) is 0.158. The summed E-state index contributed by atoms with van der Waals surface area (Å²) in [7, 11) is 0. The van der Waals surface area contributed by atoms with E-state index in [1.807, 2.05) is 6.07 Å². The van der Waals surface area contributed by atoms with Gasteiger partial charge in [-0.2, -0.15) is 4.80 Å². The summed E-state index contributed by atoms with van der Waals surface area (Å²) < 4.78 is 0. The first-order valence-electron chi connectivity index (χ1n) is 8.76. The smallest absolute Gasteiger partial charge is 0.250 e. The molecule has 0 bridgehead atoms. The number of hydrogen-bond acceptors (Lipinski definition) is 6. The lowest BCUT2D eigenvalue weighted by Gasteiger charge is -2.21. The van der Waals surface area contributed by atoms with Crippen LogP contribution in [0.4, 0.5) is 5.69 Å². The number of carbonyl (C=O) groups is 3. The van der Waals surface area contributed by atoms with Gasteiger partial charge in [0, 0.05) is 29.8 Å². The first-order chi connectivity index (χ1) is 13.9. The fourth-order valence-electron chi connectivity index (χ4n) is 2.64. The standard InChI is InChI=1S/C19H19N7O3/c20-16(27)10-11-25(15-4-2-1-3-5-15)17(28)12-26-23-19(22-24-26)14-8-6-13(7-9-14)18(21)29/h1-9H,10-12H2,(H2,20,27)(H2,21,29). The minimum atomic E-state index is -0.532. The van der Waals surface area contributed by atoms with Crippen LogP contribution in [0.3, 0.4) is 0 Å². The van der Waals surface area contributed by atoms with Crippen molar-refractivity contribution in [3.8, 4) is 11.4 Å². The number of nitrogens with zero attached hydrogens (tertiary/aromatic N) is 5. The highest BCUT2D eigenvalue weighted by Gasteiger charge is 2.18. The second-order valence-electron chi connectivity index (χ2n) is 6.18. The molecule has 0 aliphatic rings. The number of rotatable bonds is 8. The molecule has 0 saturated carbocycles. The summed E-state index contributed by atoms with van der Waals surface area (Å²) in [4.78, 5) is 37.7. The summed E-state index contributed by atoms with van der Waals surface area (Å²) in [5, 5.41) is 12.1. The van der Waals surface area contributed by atoms with Crippen molar-refractivity contribution in [2.75, 3.05) is 11.4 Å². The minimum absolute atomic E-state index is 0.0306. The summed E-state index contributed by atoms with van der Waals surface area (Å²) in [6.07, 6.45) is 0.0306. The van der Waals surface area contributed by atoms with Crippen LogP contribution < -0.4 is 16.4 Å². The van der Waals surface area contributed by atoms with E-state index in [2.05, 4.69) is 15.4 Å². The number of nitrogens with two attached hydrogens (primary N) is 2. The molecular weight excluding hydrogens is 374 g/mol. The molecule has 0 fully saturated rings. The van der Waals surface area contributed by atoms with Gasteiger partial charge >= 0.3 is 0 Å². The Morgan fingerprint density at radius 2 is 1.66 bits per heavy atom. The molecule has 1 aromatic heterocycles. The van der Waals surface area contributed by atoms with E-state index in [9.17, 15) is 14.4 Å². The Bertz CT molecular complexity index is 1020. The average molecular weight is 393 g/mol. The van der Waals surface area contributed by atoms with Crippen LogP contribution in [-0.4, -0.2) is 44.5 Å². The maximum Gasteiger partial charge on any atom is 0.250 e. The van der Waals surface area contributed by atoms with Gasteiger partial charge in [-0.15, -0.1) is 10.2 Å². The topological polar surface area (TPSA) is 150 Å². The van der Waals surface area contributed by atoms with Crippen LogP contribution in [0.1, 0.15) is 16.8 Å². The van der Waals surface area contributed by atoms with Gasteiger partial charge in [-0.25, -0.2) is 0 Å². The summed E-state index contributed by atoms with van der Waals surface area (Å²) >= 11 is 0. The van der Waals surface area contributed by atoms with E-state index in [-0.39, 0.29) is 25.4 Å². The molecule has 0 saturated heterocycles. The summed E-state index contributed by atoms with van der Waals surface area (Å²) in [5.74, 6) is -1.04. The molecular formula is C19H19N7O3. The zero-order valence-electron chi connectivity index (χ0n) is 15.4. The summed E-state index contributed by atoms with van der Waals surface area (Å²) in [6.45, 7) is -0.0195. The van der Waals surface area contributed by atoms with E-state index < -0.39 is 11.8 Å². The van der Waals surface area contributed by atoms with Crippen LogP contribution in [0.25, 0.3) is 11.4 Å². The number of hydrogen-bond donors (Lipinski definition) is 2. The first-order valence-corrected chi connectivity index (χ1v) is 8.76. The molecule has 10 heteroatoms. The fourth-order valence-corrected chi connectivity index (χ4v) is 2.64. The summed E-state index contributed by atoms with van der Waals surface area (Å²) in [5.41, 5.74) is 12.1. The Labute approximate surface area is 166 Å². The predicted molar refractivity (Wildman–Crippen MR) is 104 cm³/mol. The van der Waals surface area contributed by atoms with Crippen molar-refractivity contribution in [2.24, 2.45) is 11.5 Å². The third kappa shape index (κ3) is 5.01. The second kappa shape index (κ2) is 8.74. The van der Waals surface area contributed by atoms with Crippen LogP contribution in [0.2, 0.25) is 0 Å². The third-order valence-corrected chi connectivity index (χ3v) is 4.11. The Morgan fingerprint density at radius 3 is 2.28 bits per heavy atom. The van der Waals surface area contributed by atoms with Crippen LogP contribution in [0.5, 0.6) is 0 Å². The van der Waals surface area contributed by atoms with Crippen molar-refractivity contribution >= 4 is 23.4 Å². The van der Waals surface area contributed by atoms with E-state index in [1.165, 1.54) is 9.70 Å². The quantitative estimate of drug-likeness (QED) is 0.563. The van der Waals surface area contributed by atoms with Crippen molar-refractivity contribution in [3.63, 3.8) is 0 Å². The van der Waals surface area contributed by atoms with Crippen LogP contribution >= 0.6 is 0 Å². The maximum atomic E-state index is 12.8. The minimum Gasteiger partial charge on any atom is -0.370 e. The van der Waals surface area contributed by atoms with Crippen LogP contribution in [0.15, 0.2) is 54.6 Å². The van der Waals surface area contributed by atoms with Crippen molar-refractivity contribution in [3.05, 3.63) is 60.2 Å². The molecule has 3 rings (SSSR count). The number of primary amides is 2. The van der Waals surface area contributed by atoms with E-state index in [0.717, 1.165) is 0 Å². The van der Waals surface area contributed by atoms with Gasteiger partial charge in [0.2, 0.25) is 17.6 Å². The molecule has 0 atom stereocenters. The third-order valence-electron chi connectivity index (χ3n) is 4.11. The van der Waals surface area contributed by atoms with Crippen LogP contribution in [-0.2, 0) is 16.1 Å². The largest absolute Gasteiger partial charge is 0.370 e. The lowest BCUT2D eigenvalue weighted by atomic mass is 10.1. The van der Waals surface area contributed by atoms with Gasteiger partial charge in [-0.1, -0.05) is 30.3 Å². The van der Waals surface area contributed by atoms with E-state index >= 15 is 0 Å². The molecule has 0 unspecified atom stereocenters. The Kier molecular flexibility index (Phi) is 5.93. The van der Waals surface area contributed by atoms with Gasteiger partial charge in [0.05, 0.1) is 0 Å². The number of carbonyl (C=O) groups excluding carboxylic acids is 3. The molecule has 0 radical (unpaired) electrons. The molecule has 10 nitrogen and oxygen atoms in total. The SMILES string of the molecule is NC(=O)CCN(C(=O)Cn1nnc(-c2ccc(C(N)=O)cc2)n1)c1ccccc1. The summed E-state index contributed by atoms with van der Waals surface area (Å²) in [6, 6.07) is 15.4. The van der Waals surface area contributed by atoms with Crippen molar-refractivity contribution in [1.82, 2.24) is 20.2 Å². The van der Waals surface area contributed by atoms with Gasteiger partial charge in [-0.05, 0) is 29.5 Å². The van der Waals surface area contributed by atoms with Gasteiger partial charge < -0.3 is 16.4 Å². The average Bonchev–Trinajstić information content (AvgIpc) is 3.17. The molecule has 4 N–H and O–H groups in total. The highest BCUT2D eigenvalue weighted by atomic mass is 16.2.